The summed E-state index contributed by atoms with van der Waals surface area (Å²) in [5.41, 5.74) is 3.04. The number of benzene rings is 2. The van der Waals surface area contributed by atoms with Gasteiger partial charge in [0.1, 0.15) is 5.82 Å². The number of esters is 1. The van der Waals surface area contributed by atoms with Crippen molar-refractivity contribution in [2.75, 3.05) is 18.1 Å². The third-order valence-corrected chi connectivity index (χ3v) is 4.63. The number of rotatable bonds is 5. The molecule has 2 aromatic rings. The second-order valence-electron chi connectivity index (χ2n) is 6.73. The fourth-order valence-corrected chi connectivity index (χ4v) is 3.08. The van der Waals surface area contributed by atoms with E-state index in [-0.39, 0.29) is 24.4 Å². The molecule has 0 unspecified atom stereocenters. The highest BCUT2D eigenvalue weighted by molar-refractivity contribution is 6.01. The molecule has 1 aliphatic rings. The summed E-state index contributed by atoms with van der Waals surface area (Å²) < 4.78 is 18.0. The number of amides is 1. The molecule has 6 heteroatoms. The van der Waals surface area contributed by atoms with Crippen LogP contribution in [0.5, 0.6) is 0 Å². The third kappa shape index (κ3) is 4.22. The lowest BCUT2D eigenvalue weighted by Gasteiger charge is -2.19. The van der Waals surface area contributed by atoms with E-state index in [9.17, 15) is 18.8 Å². The smallest absolute Gasteiger partial charge is 0.311 e. The van der Waals surface area contributed by atoms with E-state index < -0.39 is 30.1 Å². The van der Waals surface area contributed by atoms with Gasteiger partial charge in [0.05, 0.1) is 5.92 Å². The second-order valence-corrected chi connectivity index (χ2v) is 6.73. The van der Waals surface area contributed by atoms with Crippen LogP contribution in [0.1, 0.15) is 27.9 Å². The molecule has 0 spiro atoms. The number of Topliss-reactive ketones (excluding diaryl/α,β-unsaturated/α-hetero) is 1. The first-order valence-corrected chi connectivity index (χ1v) is 8.68. The number of hydrogen-bond acceptors (Lipinski definition) is 4. The molecule has 1 amide bonds. The number of nitrogens with zero attached hydrogens (tertiary/aromatic N) is 1. The lowest BCUT2D eigenvalue weighted by atomic mass is 10.1. The van der Waals surface area contributed by atoms with Crippen LogP contribution in [-0.2, 0) is 14.3 Å². The molecule has 1 heterocycles. The van der Waals surface area contributed by atoms with E-state index in [0.717, 1.165) is 16.8 Å². The van der Waals surface area contributed by atoms with Gasteiger partial charge in [0.25, 0.3) is 0 Å². The summed E-state index contributed by atoms with van der Waals surface area (Å²) in [5.74, 6) is -2.20. The number of carbonyl (C=O) groups is 3. The van der Waals surface area contributed by atoms with Crippen molar-refractivity contribution in [2.45, 2.75) is 20.3 Å². The summed E-state index contributed by atoms with van der Waals surface area (Å²) >= 11 is 0. The van der Waals surface area contributed by atoms with Crippen molar-refractivity contribution in [3.8, 4) is 0 Å². The predicted octanol–water partition coefficient (Wildman–Crippen LogP) is 3.22. The van der Waals surface area contributed by atoms with Crippen molar-refractivity contribution in [3.05, 3.63) is 65.0 Å². The summed E-state index contributed by atoms with van der Waals surface area (Å²) in [5, 5.41) is 0. The molecule has 0 aliphatic carbocycles. The van der Waals surface area contributed by atoms with Crippen LogP contribution in [0.15, 0.2) is 42.5 Å². The maximum atomic E-state index is 12.9. The van der Waals surface area contributed by atoms with E-state index in [1.54, 1.807) is 4.90 Å². The monoisotopic (exact) mass is 369 g/mol. The molecule has 2 aromatic carbocycles. The second kappa shape index (κ2) is 7.70. The zero-order valence-electron chi connectivity index (χ0n) is 15.2. The van der Waals surface area contributed by atoms with E-state index in [1.807, 2.05) is 32.0 Å². The van der Waals surface area contributed by atoms with Gasteiger partial charge in [0, 0.05) is 24.2 Å². The first kappa shape index (κ1) is 18.8. The van der Waals surface area contributed by atoms with E-state index in [2.05, 4.69) is 0 Å². The van der Waals surface area contributed by atoms with E-state index in [1.165, 1.54) is 24.3 Å². The van der Waals surface area contributed by atoms with Crippen molar-refractivity contribution in [2.24, 2.45) is 5.92 Å². The Morgan fingerprint density at radius 1 is 1.15 bits per heavy atom. The van der Waals surface area contributed by atoms with Gasteiger partial charge >= 0.3 is 5.97 Å². The highest BCUT2D eigenvalue weighted by Gasteiger charge is 2.36. The minimum absolute atomic E-state index is 0.0525. The number of anilines is 1. The normalized spacial score (nSPS) is 16.5. The Morgan fingerprint density at radius 3 is 2.56 bits per heavy atom. The van der Waals surface area contributed by atoms with Gasteiger partial charge in [-0.1, -0.05) is 12.1 Å². The average Bonchev–Trinajstić information content (AvgIpc) is 3.03. The Balaban J connectivity index is 1.61. The standard InChI is InChI=1S/C21H20FNO4/c1-13-3-4-14(2)18(9-13)23-11-16(10-20(23)25)21(26)27-12-19(24)15-5-7-17(22)8-6-15/h3-9,16H,10-12H2,1-2H3/t16-/m0/s1. The lowest BCUT2D eigenvalue weighted by molar-refractivity contribution is -0.147. The van der Waals surface area contributed by atoms with Crippen molar-refractivity contribution in [1.82, 2.24) is 0 Å². The molecule has 1 aliphatic heterocycles. The first-order valence-electron chi connectivity index (χ1n) is 8.68. The quantitative estimate of drug-likeness (QED) is 0.600. The van der Waals surface area contributed by atoms with Crippen LogP contribution in [0.2, 0.25) is 0 Å². The van der Waals surface area contributed by atoms with Gasteiger partial charge in [-0.25, -0.2) is 4.39 Å². The number of hydrogen-bond donors (Lipinski definition) is 0. The van der Waals surface area contributed by atoms with Crippen molar-refractivity contribution in [3.63, 3.8) is 0 Å². The highest BCUT2D eigenvalue weighted by atomic mass is 19.1. The fraction of sp³-hybridized carbons (Fsp3) is 0.286. The molecule has 0 saturated carbocycles. The van der Waals surface area contributed by atoms with Crippen LogP contribution < -0.4 is 4.90 Å². The SMILES string of the molecule is Cc1ccc(C)c(N2C[C@@H](C(=O)OCC(=O)c3ccc(F)cc3)CC2=O)c1. The van der Waals surface area contributed by atoms with Gasteiger partial charge in [-0.15, -0.1) is 0 Å². The van der Waals surface area contributed by atoms with Crippen LogP contribution in [0.3, 0.4) is 0 Å². The molecule has 1 atom stereocenters. The molecule has 5 nitrogen and oxygen atoms in total. The summed E-state index contributed by atoms with van der Waals surface area (Å²) in [7, 11) is 0. The summed E-state index contributed by atoms with van der Waals surface area (Å²) in [6, 6.07) is 10.8. The van der Waals surface area contributed by atoms with Crippen LogP contribution in [0.4, 0.5) is 10.1 Å². The minimum atomic E-state index is -0.613. The van der Waals surface area contributed by atoms with Gasteiger partial charge in [-0.2, -0.15) is 0 Å². The lowest BCUT2D eigenvalue weighted by Crippen LogP contribution is -2.27. The van der Waals surface area contributed by atoms with Gasteiger partial charge < -0.3 is 9.64 Å². The molecule has 0 aromatic heterocycles. The van der Waals surface area contributed by atoms with Gasteiger partial charge in [0.2, 0.25) is 5.91 Å². The van der Waals surface area contributed by atoms with Gasteiger partial charge in [-0.05, 0) is 55.3 Å². The third-order valence-electron chi connectivity index (χ3n) is 4.63. The zero-order valence-corrected chi connectivity index (χ0v) is 15.2. The van der Waals surface area contributed by atoms with Crippen molar-refractivity contribution < 1.29 is 23.5 Å². The molecule has 1 fully saturated rings. The Hall–Kier alpha value is -3.02. The van der Waals surface area contributed by atoms with E-state index in [4.69, 9.17) is 4.74 Å². The number of halogens is 1. The molecular weight excluding hydrogens is 349 g/mol. The molecular formula is C21H20FNO4. The number of ketones is 1. The minimum Gasteiger partial charge on any atom is -0.457 e. The van der Waals surface area contributed by atoms with Crippen LogP contribution in [-0.4, -0.2) is 30.8 Å². The van der Waals surface area contributed by atoms with Crippen LogP contribution in [0, 0.1) is 25.6 Å². The molecule has 0 radical (unpaired) electrons. The van der Waals surface area contributed by atoms with Gasteiger partial charge in [0.15, 0.2) is 12.4 Å². The molecule has 3 rings (SSSR count). The highest BCUT2D eigenvalue weighted by Crippen LogP contribution is 2.29. The molecule has 0 N–H and O–H groups in total. The number of aryl methyl sites for hydroxylation is 2. The average molecular weight is 369 g/mol. The van der Waals surface area contributed by atoms with Crippen molar-refractivity contribution >= 4 is 23.3 Å². The molecule has 0 bridgehead atoms. The zero-order chi connectivity index (χ0) is 19.6. The number of carbonyl (C=O) groups excluding carboxylic acids is 3. The van der Waals surface area contributed by atoms with Gasteiger partial charge in [-0.3, -0.25) is 14.4 Å². The summed E-state index contributed by atoms with van der Waals surface area (Å²) in [6.07, 6.45) is 0.0525. The largest absolute Gasteiger partial charge is 0.457 e. The molecule has 1 saturated heterocycles. The van der Waals surface area contributed by atoms with E-state index >= 15 is 0 Å². The topological polar surface area (TPSA) is 63.7 Å². The molecule has 140 valence electrons. The first-order chi connectivity index (χ1) is 12.8. The maximum absolute atomic E-state index is 12.9. The Labute approximate surface area is 156 Å². The Bertz CT molecular complexity index is 892. The van der Waals surface area contributed by atoms with E-state index in [0.29, 0.717) is 0 Å². The number of ether oxygens (including phenoxy) is 1. The van der Waals surface area contributed by atoms with Crippen LogP contribution in [0.25, 0.3) is 0 Å². The molecule has 27 heavy (non-hydrogen) atoms. The summed E-state index contributed by atoms with van der Waals surface area (Å²) in [4.78, 5) is 38.3. The predicted molar refractivity (Wildman–Crippen MR) is 98.1 cm³/mol. The Kier molecular flexibility index (Phi) is 5.35. The maximum Gasteiger partial charge on any atom is 0.311 e. The van der Waals surface area contributed by atoms with Crippen LogP contribution >= 0.6 is 0 Å². The Morgan fingerprint density at radius 2 is 1.85 bits per heavy atom. The fourth-order valence-electron chi connectivity index (χ4n) is 3.08. The summed E-state index contributed by atoms with van der Waals surface area (Å²) in [6.45, 7) is 3.65. The van der Waals surface area contributed by atoms with Crippen molar-refractivity contribution in [1.29, 1.82) is 0 Å².